The van der Waals surface area contributed by atoms with Crippen LogP contribution in [0.1, 0.15) is 5.56 Å². The van der Waals surface area contributed by atoms with Gasteiger partial charge in [-0.1, -0.05) is 33.6 Å². The molecular weight excluding hydrogens is 342 g/mol. The molecule has 4 rings (SSSR count). The van der Waals surface area contributed by atoms with E-state index in [0.29, 0.717) is 5.39 Å². The van der Waals surface area contributed by atoms with Gasteiger partial charge in [0.15, 0.2) is 0 Å². The van der Waals surface area contributed by atoms with Crippen LogP contribution in [-0.2, 0) is 0 Å². The van der Waals surface area contributed by atoms with Crippen molar-refractivity contribution in [2.24, 2.45) is 0 Å². The van der Waals surface area contributed by atoms with Crippen molar-refractivity contribution in [3.8, 4) is 5.69 Å². The fraction of sp³-hybridized carbons (Fsp3) is 0.0588. The average Bonchev–Trinajstić information content (AvgIpc) is 2.85. The van der Waals surface area contributed by atoms with Gasteiger partial charge < -0.3 is 0 Å². The number of nitrogens with zero attached hydrogens (tertiary/aromatic N) is 2. The summed E-state index contributed by atoms with van der Waals surface area (Å²) in [5, 5.41) is 4.74. The number of aromatic amines is 1. The fourth-order valence-electron chi connectivity index (χ4n) is 2.61. The minimum atomic E-state index is -0.0869. The zero-order valence-electron chi connectivity index (χ0n) is 11.8. The molecule has 0 atom stereocenters. The van der Waals surface area contributed by atoms with Gasteiger partial charge in [0.1, 0.15) is 0 Å². The second kappa shape index (κ2) is 4.81. The molecule has 0 amide bonds. The number of benzene rings is 2. The summed E-state index contributed by atoms with van der Waals surface area (Å²) < 4.78 is 2.53. The molecule has 1 N–H and O–H groups in total. The molecule has 2 heterocycles. The topological polar surface area (TPSA) is 50.7 Å². The molecular formula is C17H12BrN3O. The van der Waals surface area contributed by atoms with Gasteiger partial charge in [0.25, 0.3) is 5.56 Å². The van der Waals surface area contributed by atoms with Crippen molar-refractivity contribution in [3.63, 3.8) is 0 Å². The van der Waals surface area contributed by atoms with Crippen LogP contribution in [0.25, 0.3) is 27.5 Å². The van der Waals surface area contributed by atoms with E-state index < -0.39 is 0 Å². The third kappa shape index (κ3) is 1.97. The maximum absolute atomic E-state index is 12.6. The van der Waals surface area contributed by atoms with Crippen molar-refractivity contribution >= 4 is 37.7 Å². The largest absolute Gasteiger partial charge is 0.290 e. The van der Waals surface area contributed by atoms with E-state index in [-0.39, 0.29) is 5.56 Å². The van der Waals surface area contributed by atoms with Crippen LogP contribution in [-0.4, -0.2) is 14.8 Å². The number of halogens is 1. The standard InChI is InChI=1S/C17H12BrN3O/c1-10-2-5-12(6-3-10)21-17(22)14-9-19-15-8-11(18)4-7-13(15)16(14)20-21/h2-9,20H,1H3. The number of hydrogen-bond donors (Lipinski definition) is 1. The lowest BCUT2D eigenvalue weighted by atomic mass is 10.2. The molecule has 0 aliphatic carbocycles. The second-order valence-electron chi connectivity index (χ2n) is 5.30. The summed E-state index contributed by atoms with van der Waals surface area (Å²) in [6, 6.07) is 13.7. The van der Waals surface area contributed by atoms with E-state index in [2.05, 4.69) is 26.0 Å². The lowest BCUT2D eigenvalue weighted by Crippen LogP contribution is -2.14. The van der Waals surface area contributed by atoms with Gasteiger partial charge in [0.05, 0.1) is 22.1 Å². The fourth-order valence-corrected chi connectivity index (χ4v) is 2.96. The predicted molar refractivity (Wildman–Crippen MR) is 91.6 cm³/mol. The van der Waals surface area contributed by atoms with E-state index in [0.717, 1.165) is 32.1 Å². The molecule has 0 bridgehead atoms. The van der Waals surface area contributed by atoms with Crippen LogP contribution in [0.15, 0.2) is 57.9 Å². The predicted octanol–water partition coefficient (Wildman–Crippen LogP) is 3.94. The third-order valence-corrected chi connectivity index (χ3v) is 4.27. The summed E-state index contributed by atoms with van der Waals surface area (Å²) in [6.45, 7) is 2.02. The van der Waals surface area contributed by atoms with Crippen LogP contribution in [0.5, 0.6) is 0 Å². The van der Waals surface area contributed by atoms with E-state index in [9.17, 15) is 4.79 Å². The highest BCUT2D eigenvalue weighted by atomic mass is 79.9. The van der Waals surface area contributed by atoms with Crippen molar-refractivity contribution in [2.45, 2.75) is 6.92 Å². The van der Waals surface area contributed by atoms with E-state index >= 15 is 0 Å². The number of H-pyrrole nitrogens is 1. The highest BCUT2D eigenvalue weighted by Gasteiger charge is 2.11. The highest BCUT2D eigenvalue weighted by Crippen LogP contribution is 2.23. The summed E-state index contributed by atoms with van der Waals surface area (Å²) in [5.74, 6) is 0. The second-order valence-corrected chi connectivity index (χ2v) is 6.21. The van der Waals surface area contributed by atoms with Gasteiger partial charge in [-0.05, 0) is 37.3 Å². The van der Waals surface area contributed by atoms with E-state index in [4.69, 9.17) is 0 Å². The molecule has 4 nitrogen and oxygen atoms in total. The number of aromatic nitrogens is 3. The molecule has 0 aliphatic heterocycles. The third-order valence-electron chi connectivity index (χ3n) is 3.78. The Labute approximate surface area is 134 Å². The zero-order valence-corrected chi connectivity index (χ0v) is 13.4. The maximum Gasteiger partial charge on any atom is 0.280 e. The first kappa shape index (κ1) is 13.3. The first-order valence-corrected chi connectivity index (χ1v) is 7.69. The Kier molecular flexibility index (Phi) is 2.90. The SMILES string of the molecule is Cc1ccc(-n2[nH]c3c(cnc4cc(Br)ccc43)c2=O)cc1. The minimum Gasteiger partial charge on any atom is -0.290 e. The molecule has 108 valence electrons. The Morgan fingerprint density at radius 1 is 1.09 bits per heavy atom. The van der Waals surface area contributed by atoms with Crippen LogP contribution >= 0.6 is 15.9 Å². The molecule has 0 fully saturated rings. The van der Waals surface area contributed by atoms with E-state index in [1.165, 1.54) is 0 Å². The van der Waals surface area contributed by atoms with E-state index in [1.807, 2.05) is 49.4 Å². The summed E-state index contributed by atoms with van der Waals surface area (Å²) in [5.41, 5.74) is 3.54. The van der Waals surface area contributed by atoms with Crippen molar-refractivity contribution in [1.29, 1.82) is 0 Å². The molecule has 2 aromatic heterocycles. The Bertz CT molecular complexity index is 1060. The number of fused-ring (bicyclic) bond motifs is 3. The summed E-state index contributed by atoms with van der Waals surface area (Å²) in [7, 11) is 0. The highest BCUT2D eigenvalue weighted by molar-refractivity contribution is 9.10. The number of aryl methyl sites for hydroxylation is 1. The van der Waals surface area contributed by atoms with Crippen molar-refractivity contribution in [1.82, 2.24) is 14.8 Å². The molecule has 0 radical (unpaired) electrons. The Hall–Kier alpha value is -2.40. The molecule has 0 spiro atoms. The van der Waals surface area contributed by atoms with Gasteiger partial charge in [-0.15, -0.1) is 0 Å². The molecule has 0 unspecified atom stereocenters. The van der Waals surface area contributed by atoms with Crippen LogP contribution < -0.4 is 5.56 Å². The van der Waals surface area contributed by atoms with Crippen LogP contribution in [0, 0.1) is 6.92 Å². The first-order chi connectivity index (χ1) is 10.6. The average molecular weight is 354 g/mol. The summed E-state index contributed by atoms with van der Waals surface area (Å²) >= 11 is 3.44. The van der Waals surface area contributed by atoms with Crippen LogP contribution in [0.2, 0.25) is 0 Å². The van der Waals surface area contributed by atoms with Gasteiger partial charge in [0, 0.05) is 16.1 Å². The molecule has 4 aromatic rings. The normalized spacial score (nSPS) is 11.4. The molecule has 22 heavy (non-hydrogen) atoms. The number of rotatable bonds is 1. The zero-order chi connectivity index (χ0) is 15.3. The Balaban J connectivity index is 2.06. The van der Waals surface area contributed by atoms with Gasteiger partial charge >= 0.3 is 0 Å². The Morgan fingerprint density at radius 2 is 1.86 bits per heavy atom. The lowest BCUT2D eigenvalue weighted by Gasteiger charge is -2.01. The molecule has 0 aliphatic rings. The van der Waals surface area contributed by atoms with E-state index in [1.54, 1.807) is 10.9 Å². The van der Waals surface area contributed by atoms with Gasteiger partial charge in [-0.25, -0.2) is 4.68 Å². The lowest BCUT2D eigenvalue weighted by molar-refractivity contribution is 0.864. The van der Waals surface area contributed by atoms with Crippen LogP contribution in [0.4, 0.5) is 0 Å². The molecule has 0 saturated heterocycles. The molecule has 5 heteroatoms. The molecule has 2 aromatic carbocycles. The minimum absolute atomic E-state index is 0.0869. The quantitative estimate of drug-likeness (QED) is 0.563. The Morgan fingerprint density at radius 3 is 2.64 bits per heavy atom. The van der Waals surface area contributed by atoms with Gasteiger partial charge in [0.2, 0.25) is 0 Å². The smallest absolute Gasteiger partial charge is 0.280 e. The number of hydrogen-bond acceptors (Lipinski definition) is 2. The maximum atomic E-state index is 12.6. The van der Waals surface area contributed by atoms with Crippen molar-refractivity contribution < 1.29 is 0 Å². The van der Waals surface area contributed by atoms with Crippen molar-refractivity contribution in [2.75, 3.05) is 0 Å². The first-order valence-electron chi connectivity index (χ1n) is 6.89. The van der Waals surface area contributed by atoms with Gasteiger partial charge in [-0.2, -0.15) is 0 Å². The summed E-state index contributed by atoms with van der Waals surface area (Å²) in [4.78, 5) is 17.0. The summed E-state index contributed by atoms with van der Waals surface area (Å²) in [6.07, 6.45) is 1.63. The van der Waals surface area contributed by atoms with Crippen molar-refractivity contribution in [3.05, 3.63) is 69.1 Å². The number of pyridine rings is 1. The van der Waals surface area contributed by atoms with Crippen LogP contribution in [0.3, 0.4) is 0 Å². The monoisotopic (exact) mass is 353 g/mol. The van der Waals surface area contributed by atoms with Gasteiger partial charge in [-0.3, -0.25) is 14.9 Å². The molecule has 0 saturated carbocycles. The number of nitrogens with one attached hydrogen (secondary N) is 1.